The molecule has 0 aliphatic carbocycles. The molecule has 2 aromatic rings. The Morgan fingerprint density at radius 1 is 0.724 bits per heavy atom. The minimum absolute atomic E-state index is 0.986. The van der Waals surface area contributed by atoms with Crippen LogP contribution in [-0.2, 0) is 6.42 Å². The molecule has 156 valence electrons. The van der Waals surface area contributed by atoms with Gasteiger partial charge < -0.3 is 4.98 Å². The van der Waals surface area contributed by atoms with E-state index in [1.807, 2.05) is 0 Å². The molecule has 2 rings (SSSR count). The Kier molecular flexibility index (Phi) is 9.77. The van der Waals surface area contributed by atoms with Crippen molar-refractivity contribution in [3.63, 3.8) is 0 Å². The second kappa shape index (κ2) is 12.3. The Bertz CT molecular complexity index is 849. The molecule has 0 saturated heterocycles. The van der Waals surface area contributed by atoms with Crippen LogP contribution in [0.1, 0.15) is 78.8 Å². The van der Waals surface area contributed by atoms with Gasteiger partial charge in [-0.3, -0.25) is 0 Å². The Morgan fingerprint density at radius 2 is 1.28 bits per heavy atom. The maximum Gasteiger partial charge on any atom is 0.0456 e. The van der Waals surface area contributed by atoms with Gasteiger partial charge in [0.25, 0.3) is 0 Å². The number of fused-ring (bicyclic) bond motifs is 1. The number of aromatic nitrogens is 1. The third-order valence-electron chi connectivity index (χ3n) is 5.41. The maximum atomic E-state index is 3.51. The first-order chi connectivity index (χ1) is 13.9. The Morgan fingerprint density at radius 3 is 1.86 bits per heavy atom. The molecule has 1 heteroatoms. The second-order valence-electron chi connectivity index (χ2n) is 8.63. The zero-order valence-corrected chi connectivity index (χ0v) is 19.1. The smallest absolute Gasteiger partial charge is 0.0456 e. The molecule has 0 amide bonds. The fraction of sp³-hybridized carbons (Fsp3) is 0.429. The van der Waals surface area contributed by atoms with Crippen LogP contribution in [0.4, 0.5) is 0 Å². The molecule has 1 aromatic carbocycles. The second-order valence-corrected chi connectivity index (χ2v) is 8.63. The molecular weight excluding hydrogens is 350 g/mol. The molecule has 0 saturated carbocycles. The zero-order valence-electron chi connectivity index (χ0n) is 19.1. The highest BCUT2D eigenvalue weighted by molar-refractivity contribution is 5.80. The summed E-state index contributed by atoms with van der Waals surface area (Å²) in [6.45, 7) is 11.1. The molecule has 0 aliphatic heterocycles. The van der Waals surface area contributed by atoms with Gasteiger partial charge >= 0.3 is 0 Å². The monoisotopic (exact) mass is 389 g/mol. The van der Waals surface area contributed by atoms with Gasteiger partial charge in [0.2, 0.25) is 0 Å². The molecule has 0 spiro atoms. The number of rotatable bonds is 11. The largest absolute Gasteiger partial charge is 0.358 e. The molecule has 0 fully saturated rings. The van der Waals surface area contributed by atoms with E-state index in [4.69, 9.17) is 0 Å². The van der Waals surface area contributed by atoms with Gasteiger partial charge in [-0.1, -0.05) is 64.8 Å². The standard InChI is InChI=1S/C28H39N/c1-22(2)11-8-12-23(3)13-9-14-24(4)15-10-16-25(5)19-20-27-21-26-17-6-7-18-28(26)29-27/h6-7,11,13,15,17-19,21,29H,8-10,12,14,16,20H2,1-5H3/b23-13+,24-15+,25-19+. The number of hydrogen-bond acceptors (Lipinski definition) is 0. The number of para-hydroxylation sites is 1. The number of nitrogens with one attached hydrogen (secondary N) is 1. The average molecular weight is 390 g/mol. The molecule has 29 heavy (non-hydrogen) atoms. The SMILES string of the molecule is CC(C)=CCC/C(C)=C/CC/C(C)=C/CC/C(C)=C/Cc1cc2ccccc2[nH]1. The van der Waals surface area contributed by atoms with E-state index in [9.17, 15) is 0 Å². The van der Waals surface area contributed by atoms with Crippen molar-refractivity contribution in [3.05, 3.63) is 82.6 Å². The summed E-state index contributed by atoms with van der Waals surface area (Å²) in [4.78, 5) is 3.51. The van der Waals surface area contributed by atoms with Crippen molar-refractivity contribution < 1.29 is 0 Å². The van der Waals surface area contributed by atoms with Gasteiger partial charge in [-0.05, 0) is 90.7 Å². The number of benzene rings is 1. The molecule has 1 aromatic heterocycles. The van der Waals surface area contributed by atoms with Gasteiger partial charge in [0.05, 0.1) is 0 Å². The fourth-order valence-electron chi connectivity index (χ4n) is 3.51. The maximum absolute atomic E-state index is 3.51. The van der Waals surface area contributed by atoms with Crippen LogP contribution in [0, 0.1) is 0 Å². The van der Waals surface area contributed by atoms with Gasteiger partial charge in [0.15, 0.2) is 0 Å². The van der Waals surface area contributed by atoms with E-state index in [0.29, 0.717) is 0 Å². The summed E-state index contributed by atoms with van der Waals surface area (Å²) in [5.74, 6) is 0. The van der Waals surface area contributed by atoms with Crippen molar-refractivity contribution in [2.24, 2.45) is 0 Å². The van der Waals surface area contributed by atoms with E-state index in [-0.39, 0.29) is 0 Å². The van der Waals surface area contributed by atoms with Crippen molar-refractivity contribution in [2.75, 3.05) is 0 Å². The Hall–Kier alpha value is -2.28. The van der Waals surface area contributed by atoms with Crippen molar-refractivity contribution >= 4 is 10.9 Å². The minimum atomic E-state index is 0.986. The van der Waals surface area contributed by atoms with Gasteiger partial charge in [0.1, 0.15) is 0 Å². The predicted octanol–water partition coefficient (Wildman–Crippen LogP) is 8.86. The van der Waals surface area contributed by atoms with Gasteiger partial charge in [-0.25, -0.2) is 0 Å². The molecule has 0 atom stereocenters. The first-order valence-corrected chi connectivity index (χ1v) is 11.1. The average Bonchev–Trinajstić information content (AvgIpc) is 3.09. The summed E-state index contributed by atoms with van der Waals surface area (Å²) in [6, 6.07) is 10.7. The van der Waals surface area contributed by atoms with Gasteiger partial charge in [-0.15, -0.1) is 0 Å². The van der Waals surface area contributed by atoms with Crippen LogP contribution in [0.5, 0.6) is 0 Å². The van der Waals surface area contributed by atoms with Gasteiger partial charge in [0, 0.05) is 17.6 Å². The number of hydrogen-bond donors (Lipinski definition) is 1. The lowest BCUT2D eigenvalue weighted by atomic mass is 10.0. The third kappa shape index (κ3) is 9.17. The van der Waals surface area contributed by atoms with Crippen LogP contribution in [0.15, 0.2) is 76.9 Å². The molecule has 0 unspecified atom stereocenters. The highest BCUT2D eigenvalue weighted by atomic mass is 14.7. The van der Waals surface area contributed by atoms with E-state index in [2.05, 4.69) is 94.2 Å². The van der Waals surface area contributed by atoms with Crippen LogP contribution >= 0.6 is 0 Å². The number of allylic oxidation sites excluding steroid dienone is 8. The van der Waals surface area contributed by atoms with Crippen LogP contribution in [0.25, 0.3) is 10.9 Å². The van der Waals surface area contributed by atoms with E-state index >= 15 is 0 Å². The van der Waals surface area contributed by atoms with Gasteiger partial charge in [-0.2, -0.15) is 0 Å². The predicted molar refractivity (Wildman–Crippen MR) is 130 cm³/mol. The summed E-state index contributed by atoms with van der Waals surface area (Å²) in [5, 5.41) is 1.30. The first-order valence-electron chi connectivity index (χ1n) is 11.1. The summed E-state index contributed by atoms with van der Waals surface area (Å²) < 4.78 is 0. The fourth-order valence-corrected chi connectivity index (χ4v) is 3.51. The summed E-state index contributed by atoms with van der Waals surface area (Å²) in [5.41, 5.74) is 8.45. The van der Waals surface area contributed by atoms with Crippen molar-refractivity contribution in [2.45, 2.75) is 79.6 Å². The number of H-pyrrole nitrogens is 1. The highest BCUT2D eigenvalue weighted by Crippen LogP contribution is 2.17. The lowest BCUT2D eigenvalue weighted by molar-refractivity contribution is 0.898. The quantitative estimate of drug-likeness (QED) is 0.369. The molecule has 0 bridgehead atoms. The van der Waals surface area contributed by atoms with Crippen LogP contribution in [0.3, 0.4) is 0 Å². The van der Waals surface area contributed by atoms with Crippen molar-refractivity contribution in [1.29, 1.82) is 0 Å². The molecule has 1 heterocycles. The first kappa shape index (κ1) is 23.0. The molecule has 1 nitrogen and oxygen atoms in total. The third-order valence-corrected chi connectivity index (χ3v) is 5.41. The minimum Gasteiger partial charge on any atom is -0.358 e. The zero-order chi connectivity index (χ0) is 21.1. The lowest BCUT2D eigenvalue weighted by Crippen LogP contribution is -1.84. The Balaban J connectivity index is 1.69. The van der Waals surface area contributed by atoms with Crippen LogP contribution in [-0.4, -0.2) is 4.98 Å². The highest BCUT2D eigenvalue weighted by Gasteiger charge is 1.99. The van der Waals surface area contributed by atoms with Crippen molar-refractivity contribution in [3.8, 4) is 0 Å². The molecular formula is C28H39N. The lowest BCUT2D eigenvalue weighted by Gasteiger charge is -2.03. The Labute approximate surface area is 178 Å². The van der Waals surface area contributed by atoms with E-state index in [0.717, 1.165) is 25.7 Å². The molecule has 0 radical (unpaired) electrons. The van der Waals surface area contributed by atoms with E-state index in [1.54, 1.807) is 0 Å². The van der Waals surface area contributed by atoms with Crippen LogP contribution in [0.2, 0.25) is 0 Å². The molecule has 1 N–H and O–H groups in total. The summed E-state index contributed by atoms with van der Waals surface area (Å²) in [7, 11) is 0. The van der Waals surface area contributed by atoms with Crippen molar-refractivity contribution in [1.82, 2.24) is 4.98 Å². The summed E-state index contributed by atoms with van der Waals surface area (Å²) in [6.07, 6.45) is 17.5. The van der Waals surface area contributed by atoms with Crippen LogP contribution < -0.4 is 0 Å². The normalized spacial score (nSPS) is 13.2. The van der Waals surface area contributed by atoms with E-state index in [1.165, 1.54) is 58.2 Å². The molecule has 0 aliphatic rings. The van der Waals surface area contributed by atoms with E-state index < -0.39 is 0 Å². The summed E-state index contributed by atoms with van der Waals surface area (Å²) >= 11 is 0. The topological polar surface area (TPSA) is 15.8 Å². The number of aromatic amines is 1.